The van der Waals surface area contributed by atoms with E-state index in [0.29, 0.717) is 5.69 Å². The second-order valence-electron chi connectivity index (χ2n) is 4.09. The van der Waals surface area contributed by atoms with Crippen LogP contribution in [0.2, 0.25) is 0 Å². The van der Waals surface area contributed by atoms with E-state index in [1.807, 2.05) is 0 Å². The van der Waals surface area contributed by atoms with Crippen molar-refractivity contribution >= 4 is 17.8 Å². The Morgan fingerprint density at radius 3 is 2.76 bits per heavy atom. The molecular weight excluding hydrogens is 278 g/mol. The molecule has 21 heavy (non-hydrogen) atoms. The molecule has 0 radical (unpaired) electrons. The molecule has 0 aromatic heterocycles. The SMILES string of the molecule is O=C(CO/N=C\c1ccccc1F)Nc1cccc(F)c1. The van der Waals surface area contributed by atoms with Crippen molar-refractivity contribution in [1.82, 2.24) is 0 Å². The number of hydrogen-bond acceptors (Lipinski definition) is 3. The largest absolute Gasteiger partial charge is 0.386 e. The summed E-state index contributed by atoms with van der Waals surface area (Å²) >= 11 is 0. The smallest absolute Gasteiger partial charge is 0.265 e. The minimum Gasteiger partial charge on any atom is -0.386 e. The van der Waals surface area contributed by atoms with Crippen LogP contribution in [0.1, 0.15) is 5.56 Å². The number of carbonyl (C=O) groups excluding carboxylic acids is 1. The first-order valence-electron chi connectivity index (χ1n) is 6.10. The van der Waals surface area contributed by atoms with Gasteiger partial charge in [-0.05, 0) is 24.3 Å². The van der Waals surface area contributed by atoms with Gasteiger partial charge >= 0.3 is 0 Å². The number of amides is 1. The van der Waals surface area contributed by atoms with Gasteiger partial charge in [0, 0.05) is 11.3 Å². The summed E-state index contributed by atoms with van der Waals surface area (Å²) in [5.41, 5.74) is 0.574. The molecule has 1 amide bonds. The van der Waals surface area contributed by atoms with E-state index in [2.05, 4.69) is 10.5 Å². The zero-order valence-corrected chi connectivity index (χ0v) is 10.9. The third-order valence-corrected chi connectivity index (χ3v) is 2.48. The molecule has 2 aromatic rings. The lowest BCUT2D eigenvalue weighted by atomic mass is 10.2. The standard InChI is InChI=1S/C15H12F2N2O2/c16-12-5-3-6-13(8-12)19-15(20)10-21-18-9-11-4-1-2-7-14(11)17/h1-9H,10H2,(H,19,20)/b18-9-. The predicted molar refractivity (Wildman–Crippen MR) is 75.0 cm³/mol. The van der Waals surface area contributed by atoms with E-state index in [4.69, 9.17) is 4.84 Å². The second kappa shape index (κ2) is 7.14. The van der Waals surface area contributed by atoms with Crippen molar-refractivity contribution in [3.63, 3.8) is 0 Å². The number of carbonyl (C=O) groups is 1. The van der Waals surface area contributed by atoms with Crippen LogP contribution in [-0.4, -0.2) is 18.7 Å². The number of rotatable bonds is 5. The van der Waals surface area contributed by atoms with Gasteiger partial charge in [-0.15, -0.1) is 0 Å². The summed E-state index contributed by atoms with van der Waals surface area (Å²) in [5, 5.41) is 5.94. The van der Waals surface area contributed by atoms with Crippen LogP contribution in [0, 0.1) is 11.6 Å². The van der Waals surface area contributed by atoms with Crippen molar-refractivity contribution in [1.29, 1.82) is 0 Å². The highest BCUT2D eigenvalue weighted by atomic mass is 19.1. The first-order valence-corrected chi connectivity index (χ1v) is 6.10. The van der Waals surface area contributed by atoms with Gasteiger partial charge in [-0.3, -0.25) is 4.79 Å². The molecule has 0 saturated heterocycles. The Labute approximate surface area is 120 Å². The van der Waals surface area contributed by atoms with E-state index in [1.165, 1.54) is 36.5 Å². The molecule has 2 aromatic carbocycles. The van der Waals surface area contributed by atoms with Gasteiger partial charge < -0.3 is 10.2 Å². The van der Waals surface area contributed by atoms with Crippen molar-refractivity contribution in [2.45, 2.75) is 0 Å². The van der Waals surface area contributed by atoms with Gasteiger partial charge in [0.2, 0.25) is 0 Å². The molecule has 0 aliphatic rings. The van der Waals surface area contributed by atoms with E-state index < -0.39 is 17.5 Å². The quantitative estimate of drug-likeness (QED) is 0.680. The Hall–Kier alpha value is -2.76. The number of nitrogens with zero attached hydrogens (tertiary/aromatic N) is 1. The van der Waals surface area contributed by atoms with Gasteiger partial charge in [0.15, 0.2) is 6.61 Å². The topological polar surface area (TPSA) is 50.7 Å². The van der Waals surface area contributed by atoms with Gasteiger partial charge in [-0.25, -0.2) is 8.78 Å². The monoisotopic (exact) mass is 290 g/mol. The first-order chi connectivity index (χ1) is 10.1. The van der Waals surface area contributed by atoms with Crippen LogP contribution < -0.4 is 5.32 Å². The molecule has 4 nitrogen and oxygen atoms in total. The number of hydrogen-bond donors (Lipinski definition) is 1. The van der Waals surface area contributed by atoms with Crippen LogP contribution in [0.5, 0.6) is 0 Å². The van der Waals surface area contributed by atoms with E-state index >= 15 is 0 Å². The first kappa shape index (κ1) is 14.6. The van der Waals surface area contributed by atoms with Crippen LogP contribution >= 0.6 is 0 Å². The molecule has 2 rings (SSSR count). The molecule has 0 aliphatic heterocycles. The fourth-order valence-corrected chi connectivity index (χ4v) is 1.53. The van der Waals surface area contributed by atoms with Crippen LogP contribution in [0.25, 0.3) is 0 Å². The number of nitrogens with one attached hydrogen (secondary N) is 1. The summed E-state index contributed by atoms with van der Waals surface area (Å²) in [6, 6.07) is 11.5. The van der Waals surface area contributed by atoms with Crippen molar-refractivity contribution in [2.24, 2.45) is 5.16 Å². The van der Waals surface area contributed by atoms with Crippen molar-refractivity contribution in [3.8, 4) is 0 Å². The van der Waals surface area contributed by atoms with Crippen LogP contribution in [0.4, 0.5) is 14.5 Å². The molecule has 0 spiro atoms. The van der Waals surface area contributed by atoms with Gasteiger partial charge in [-0.1, -0.05) is 29.4 Å². The van der Waals surface area contributed by atoms with Crippen LogP contribution in [0.3, 0.4) is 0 Å². The number of anilines is 1. The fourth-order valence-electron chi connectivity index (χ4n) is 1.53. The van der Waals surface area contributed by atoms with E-state index in [-0.39, 0.29) is 12.2 Å². The lowest BCUT2D eigenvalue weighted by Gasteiger charge is -2.04. The molecule has 108 valence electrons. The highest BCUT2D eigenvalue weighted by Crippen LogP contribution is 2.08. The summed E-state index contributed by atoms with van der Waals surface area (Å²) < 4.78 is 26.1. The Kier molecular flexibility index (Phi) is 4.98. The minimum absolute atomic E-state index is 0.253. The van der Waals surface area contributed by atoms with Crippen LogP contribution in [-0.2, 0) is 9.63 Å². The zero-order chi connectivity index (χ0) is 15.1. The maximum absolute atomic E-state index is 13.2. The van der Waals surface area contributed by atoms with E-state index in [0.717, 1.165) is 0 Å². The van der Waals surface area contributed by atoms with Crippen molar-refractivity contribution < 1.29 is 18.4 Å². The molecule has 1 N–H and O–H groups in total. The summed E-state index contributed by atoms with van der Waals surface area (Å²) in [6.07, 6.45) is 1.17. The van der Waals surface area contributed by atoms with Crippen molar-refractivity contribution in [3.05, 3.63) is 65.7 Å². The fraction of sp³-hybridized carbons (Fsp3) is 0.0667. The molecule has 0 atom stereocenters. The second-order valence-corrected chi connectivity index (χ2v) is 4.09. The molecule has 0 bridgehead atoms. The van der Waals surface area contributed by atoms with Gasteiger partial charge in [0.1, 0.15) is 11.6 Å². The number of oxime groups is 1. The molecule has 0 unspecified atom stereocenters. The van der Waals surface area contributed by atoms with E-state index in [9.17, 15) is 13.6 Å². The number of benzene rings is 2. The maximum Gasteiger partial charge on any atom is 0.265 e. The Morgan fingerprint density at radius 1 is 1.19 bits per heavy atom. The Balaban J connectivity index is 1.81. The van der Waals surface area contributed by atoms with Gasteiger partial charge in [0.25, 0.3) is 5.91 Å². The number of halogens is 2. The average Bonchev–Trinajstić information content (AvgIpc) is 2.45. The van der Waals surface area contributed by atoms with Crippen molar-refractivity contribution in [2.75, 3.05) is 11.9 Å². The van der Waals surface area contributed by atoms with Crippen LogP contribution in [0.15, 0.2) is 53.7 Å². The molecular formula is C15H12F2N2O2. The summed E-state index contributed by atoms with van der Waals surface area (Å²) in [6.45, 7) is -0.360. The highest BCUT2D eigenvalue weighted by Gasteiger charge is 2.03. The third kappa shape index (κ3) is 4.68. The molecule has 0 saturated carbocycles. The lowest BCUT2D eigenvalue weighted by Crippen LogP contribution is -2.17. The molecule has 6 heteroatoms. The summed E-state index contributed by atoms with van der Waals surface area (Å²) in [4.78, 5) is 16.2. The third-order valence-electron chi connectivity index (χ3n) is 2.48. The maximum atomic E-state index is 13.2. The lowest BCUT2D eigenvalue weighted by molar-refractivity contribution is -0.120. The van der Waals surface area contributed by atoms with Gasteiger partial charge in [0.05, 0.1) is 6.21 Å². The summed E-state index contributed by atoms with van der Waals surface area (Å²) in [5.74, 6) is -1.38. The van der Waals surface area contributed by atoms with E-state index in [1.54, 1.807) is 18.2 Å². The predicted octanol–water partition coefficient (Wildman–Crippen LogP) is 2.95. The molecule has 0 fully saturated rings. The average molecular weight is 290 g/mol. The molecule has 0 heterocycles. The van der Waals surface area contributed by atoms with Gasteiger partial charge in [-0.2, -0.15) is 0 Å². The summed E-state index contributed by atoms with van der Waals surface area (Å²) in [7, 11) is 0. The highest BCUT2D eigenvalue weighted by molar-refractivity contribution is 5.91. The Bertz CT molecular complexity index is 660. The molecule has 0 aliphatic carbocycles. The minimum atomic E-state index is -0.494. The Morgan fingerprint density at radius 2 is 2.00 bits per heavy atom. The zero-order valence-electron chi connectivity index (χ0n) is 10.9. The normalized spacial score (nSPS) is 10.6.